The zero-order valence-electron chi connectivity index (χ0n) is 12.9. The number of carbonyl (C=O) groups is 1. The van der Waals surface area contributed by atoms with Crippen molar-refractivity contribution in [1.29, 1.82) is 0 Å². The van der Waals surface area contributed by atoms with Crippen molar-refractivity contribution in [3.8, 4) is 0 Å². The summed E-state index contributed by atoms with van der Waals surface area (Å²) in [5.74, 6) is 1.62. The van der Waals surface area contributed by atoms with Gasteiger partial charge < -0.3 is 9.64 Å². The molecule has 9 heteroatoms. The lowest BCUT2D eigenvalue weighted by Crippen LogP contribution is -2.43. The number of aromatic amines is 1. The van der Waals surface area contributed by atoms with Crippen LogP contribution in [0.3, 0.4) is 0 Å². The molecule has 0 bridgehead atoms. The lowest BCUT2D eigenvalue weighted by molar-refractivity contribution is -0.0268. The van der Waals surface area contributed by atoms with E-state index < -0.39 is 0 Å². The Balaban J connectivity index is 1.77. The van der Waals surface area contributed by atoms with E-state index in [-0.39, 0.29) is 22.7 Å². The average Bonchev–Trinajstić information content (AvgIpc) is 3.06. The highest BCUT2D eigenvalue weighted by atomic mass is 35.5. The highest BCUT2D eigenvalue weighted by Gasteiger charge is 2.30. The maximum absolute atomic E-state index is 12.7. The van der Waals surface area contributed by atoms with E-state index in [1.54, 1.807) is 11.8 Å². The van der Waals surface area contributed by atoms with Crippen LogP contribution in [0.25, 0.3) is 0 Å². The van der Waals surface area contributed by atoms with Crippen molar-refractivity contribution < 1.29 is 9.53 Å². The molecule has 1 aliphatic rings. The van der Waals surface area contributed by atoms with Crippen LogP contribution in [0.4, 0.5) is 0 Å². The molecule has 3 rings (SSSR count). The Morgan fingerprint density at radius 3 is 3.09 bits per heavy atom. The van der Waals surface area contributed by atoms with E-state index >= 15 is 0 Å². The van der Waals surface area contributed by atoms with E-state index in [2.05, 4.69) is 25.1 Å². The number of amides is 1. The molecule has 1 N–H and O–H groups in total. The van der Waals surface area contributed by atoms with E-state index in [0.717, 1.165) is 12.2 Å². The molecule has 122 valence electrons. The number of aromatic nitrogens is 5. The van der Waals surface area contributed by atoms with Gasteiger partial charge in [-0.1, -0.05) is 18.5 Å². The summed E-state index contributed by atoms with van der Waals surface area (Å²) < 4.78 is 5.69. The van der Waals surface area contributed by atoms with Crippen LogP contribution in [-0.4, -0.2) is 55.7 Å². The van der Waals surface area contributed by atoms with Crippen molar-refractivity contribution in [2.75, 3.05) is 19.7 Å². The second-order valence-corrected chi connectivity index (χ2v) is 5.63. The van der Waals surface area contributed by atoms with E-state index in [1.165, 1.54) is 6.20 Å². The molecule has 8 nitrogen and oxygen atoms in total. The minimum atomic E-state index is -0.356. The van der Waals surface area contributed by atoms with Gasteiger partial charge in [-0.25, -0.2) is 15.0 Å². The maximum Gasteiger partial charge on any atom is 0.274 e. The van der Waals surface area contributed by atoms with Crippen LogP contribution in [0.1, 0.15) is 41.0 Å². The molecular formula is C14H17ClN6O2. The van der Waals surface area contributed by atoms with E-state index in [0.29, 0.717) is 31.3 Å². The highest BCUT2D eigenvalue weighted by molar-refractivity contribution is 6.33. The highest BCUT2D eigenvalue weighted by Crippen LogP contribution is 2.22. The van der Waals surface area contributed by atoms with Crippen LogP contribution < -0.4 is 0 Å². The molecule has 1 amide bonds. The van der Waals surface area contributed by atoms with Crippen LogP contribution in [0, 0.1) is 6.92 Å². The molecule has 0 unspecified atom stereocenters. The number of morpholine rings is 1. The molecule has 2 aromatic heterocycles. The van der Waals surface area contributed by atoms with Crippen molar-refractivity contribution in [2.45, 2.75) is 26.4 Å². The average molecular weight is 337 g/mol. The van der Waals surface area contributed by atoms with Crippen LogP contribution in [0.15, 0.2) is 6.20 Å². The van der Waals surface area contributed by atoms with E-state index in [4.69, 9.17) is 16.3 Å². The van der Waals surface area contributed by atoms with Gasteiger partial charge in [-0.2, -0.15) is 5.10 Å². The second kappa shape index (κ2) is 6.59. The lowest BCUT2D eigenvalue weighted by atomic mass is 10.2. The first-order chi connectivity index (χ1) is 11.1. The fourth-order valence-corrected chi connectivity index (χ4v) is 2.53. The van der Waals surface area contributed by atoms with Gasteiger partial charge in [-0.05, 0) is 6.92 Å². The molecule has 1 atom stereocenters. The Morgan fingerprint density at radius 2 is 2.35 bits per heavy atom. The number of nitrogens with one attached hydrogen (secondary N) is 1. The van der Waals surface area contributed by atoms with Crippen molar-refractivity contribution >= 4 is 17.5 Å². The standard InChI is InChI=1S/C14H17ClN6O2/c1-3-11-18-13(20-19-11)10-7-21(4-5-23-10)14(22)12-9(15)6-16-8(2)17-12/h6,10H,3-5,7H2,1-2H3,(H,18,19,20)/t10-/m0/s1. The lowest BCUT2D eigenvalue weighted by Gasteiger charge is -2.31. The molecule has 0 aliphatic carbocycles. The second-order valence-electron chi connectivity index (χ2n) is 5.22. The van der Waals surface area contributed by atoms with Gasteiger partial charge in [-0.3, -0.25) is 9.89 Å². The SMILES string of the molecule is CCc1nc([C@@H]2CN(C(=O)c3nc(C)ncc3Cl)CCO2)n[nH]1. The van der Waals surface area contributed by atoms with Gasteiger partial charge in [0.15, 0.2) is 11.5 Å². The van der Waals surface area contributed by atoms with Crippen molar-refractivity contribution in [2.24, 2.45) is 0 Å². The predicted octanol–water partition coefficient (Wildman–Crippen LogP) is 1.33. The number of halogens is 1. The fraction of sp³-hybridized carbons (Fsp3) is 0.500. The summed E-state index contributed by atoms with van der Waals surface area (Å²) in [7, 11) is 0. The molecular weight excluding hydrogens is 320 g/mol. The molecule has 3 heterocycles. The Kier molecular flexibility index (Phi) is 4.53. The van der Waals surface area contributed by atoms with Gasteiger partial charge in [0.1, 0.15) is 17.8 Å². The minimum Gasteiger partial charge on any atom is -0.366 e. The number of hydrogen-bond donors (Lipinski definition) is 1. The molecule has 0 saturated carbocycles. The van der Waals surface area contributed by atoms with E-state index in [1.807, 2.05) is 6.92 Å². The first-order valence-electron chi connectivity index (χ1n) is 7.39. The topological polar surface area (TPSA) is 96.9 Å². The Morgan fingerprint density at radius 1 is 1.52 bits per heavy atom. The number of H-pyrrole nitrogens is 1. The van der Waals surface area contributed by atoms with Crippen molar-refractivity contribution in [3.63, 3.8) is 0 Å². The van der Waals surface area contributed by atoms with E-state index in [9.17, 15) is 4.79 Å². The molecule has 2 aromatic rings. The van der Waals surface area contributed by atoms with Crippen LogP contribution in [0.5, 0.6) is 0 Å². The summed E-state index contributed by atoms with van der Waals surface area (Å²) in [5.41, 5.74) is 0.212. The van der Waals surface area contributed by atoms with Gasteiger partial charge in [0.2, 0.25) is 0 Å². The monoisotopic (exact) mass is 336 g/mol. The Labute approximate surface area is 138 Å². The van der Waals surface area contributed by atoms with Gasteiger partial charge in [-0.15, -0.1) is 0 Å². The zero-order chi connectivity index (χ0) is 16.4. The number of ether oxygens (including phenoxy) is 1. The molecule has 0 aromatic carbocycles. The quantitative estimate of drug-likeness (QED) is 0.908. The number of aryl methyl sites for hydroxylation is 2. The molecule has 1 aliphatic heterocycles. The van der Waals surface area contributed by atoms with Crippen LogP contribution in [0.2, 0.25) is 5.02 Å². The summed E-state index contributed by atoms with van der Waals surface area (Å²) in [6.07, 6.45) is 1.85. The normalized spacial score (nSPS) is 18.2. The number of carbonyl (C=O) groups excluding carboxylic acids is 1. The predicted molar refractivity (Wildman–Crippen MR) is 82.1 cm³/mol. The maximum atomic E-state index is 12.7. The van der Waals surface area contributed by atoms with Crippen molar-refractivity contribution in [1.82, 2.24) is 30.0 Å². The molecule has 23 heavy (non-hydrogen) atoms. The molecule has 0 radical (unpaired) electrons. The number of rotatable bonds is 3. The summed E-state index contributed by atoms with van der Waals surface area (Å²) in [6.45, 7) is 4.95. The van der Waals surface area contributed by atoms with Crippen LogP contribution >= 0.6 is 11.6 Å². The summed E-state index contributed by atoms with van der Waals surface area (Å²) in [4.78, 5) is 26.8. The largest absolute Gasteiger partial charge is 0.366 e. The van der Waals surface area contributed by atoms with Crippen molar-refractivity contribution in [3.05, 3.63) is 34.4 Å². The molecule has 1 saturated heterocycles. The Hall–Kier alpha value is -2.06. The molecule has 0 spiro atoms. The minimum absolute atomic E-state index is 0.212. The summed E-state index contributed by atoms with van der Waals surface area (Å²) >= 11 is 6.05. The van der Waals surface area contributed by atoms with Gasteiger partial charge in [0.05, 0.1) is 24.4 Å². The first-order valence-corrected chi connectivity index (χ1v) is 7.77. The third kappa shape index (κ3) is 3.32. The third-order valence-corrected chi connectivity index (χ3v) is 3.87. The first kappa shape index (κ1) is 15.8. The van der Waals surface area contributed by atoms with Gasteiger partial charge >= 0.3 is 0 Å². The summed E-state index contributed by atoms with van der Waals surface area (Å²) in [6, 6.07) is 0. The van der Waals surface area contributed by atoms with Gasteiger partial charge in [0, 0.05) is 13.0 Å². The zero-order valence-corrected chi connectivity index (χ0v) is 13.7. The Bertz CT molecular complexity index is 719. The smallest absolute Gasteiger partial charge is 0.274 e. The number of nitrogens with zero attached hydrogens (tertiary/aromatic N) is 5. The number of hydrogen-bond acceptors (Lipinski definition) is 6. The van der Waals surface area contributed by atoms with Gasteiger partial charge in [0.25, 0.3) is 5.91 Å². The summed E-state index contributed by atoms with van der Waals surface area (Å²) in [5, 5.41) is 7.26. The third-order valence-electron chi connectivity index (χ3n) is 3.59. The fourth-order valence-electron chi connectivity index (χ4n) is 2.36. The van der Waals surface area contributed by atoms with Crippen LogP contribution in [-0.2, 0) is 11.2 Å². The molecule has 1 fully saturated rings.